The van der Waals surface area contributed by atoms with E-state index in [9.17, 15) is 0 Å². The van der Waals surface area contributed by atoms with Gasteiger partial charge in [-0.2, -0.15) is 0 Å². The molecule has 0 aliphatic rings. The van der Waals surface area contributed by atoms with Crippen molar-refractivity contribution in [1.29, 1.82) is 0 Å². The molecule has 0 bridgehead atoms. The van der Waals surface area contributed by atoms with E-state index in [0.717, 1.165) is 0 Å². The summed E-state index contributed by atoms with van der Waals surface area (Å²) in [5, 5.41) is 24.2. The maximum Gasteiger partial charge on any atom is 0.153 e. The van der Waals surface area contributed by atoms with Gasteiger partial charge in [0.25, 0.3) is 0 Å². The number of hydrogen-bond donors (Lipinski definition) is 5. The van der Waals surface area contributed by atoms with Gasteiger partial charge in [0.15, 0.2) is 11.7 Å². The van der Waals surface area contributed by atoms with Gasteiger partial charge in [0.2, 0.25) is 0 Å². The molecule has 64 valence electrons. The molecule has 7 N–H and O–H groups in total. The number of rotatable bonds is 4. The van der Waals surface area contributed by atoms with Crippen LogP contribution in [0.3, 0.4) is 0 Å². The van der Waals surface area contributed by atoms with Crippen molar-refractivity contribution in [2.45, 2.75) is 0 Å². The summed E-state index contributed by atoms with van der Waals surface area (Å²) in [6.45, 7) is 0.374. The molecule has 0 unspecified atom stereocenters. The van der Waals surface area contributed by atoms with Crippen LogP contribution in [0.2, 0.25) is 0 Å². The maximum absolute atomic E-state index is 8.07. The van der Waals surface area contributed by atoms with Crippen molar-refractivity contribution in [3.05, 3.63) is 0 Å². The molecule has 7 heteroatoms. The molecule has 0 aliphatic carbocycles. The summed E-state index contributed by atoms with van der Waals surface area (Å²) in [5.74, 6) is 0.0754. The van der Waals surface area contributed by atoms with Gasteiger partial charge in [-0.25, -0.2) is 0 Å². The zero-order valence-electron chi connectivity index (χ0n) is 5.86. The summed E-state index contributed by atoms with van der Waals surface area (Å²) in [6.07, 6.45) is 0. The summed E-state index contributed by atoms with van der Waals surface area (Å²) in [4.78, 5) is 0. The van der Waals surface area contributed by atoms with E-state index >= 15 is 0 Å². The van der Waals surface area contributed by atoms with Crippen LogP contribution in [0.25, 0.3) is 0 Å². The molecule has 0 aromatic rings. The van der Waals surface area contributed by atoms with Crippen LogP contribution in [0.15, 0.2) is 10.3 Å². The minimum atomic E-state index is 0.0377. The van der Waals surface area contributed by atoms with Gasteiger partial charge in [-0.1, -0.05) is 10.3 Å². The quantitative estimate of drug-likeness (QED) is 0.142. The average Bonchev–Trinajstić information content (AvgIpc) is 2.04. The van der Waals surface area contributed by atoms with Gasteiger partial charge in [-0.05, 0) is 0 Å². The minimum absolute atomic E-state index is 0.0377. The van der Waals surface area contributed by atoms with E-state index in [0.29, 0.717) is 0 Å². The molecule has 0 radical (unpaired) electrons. The standard InChI is InChI=1S/C4H11N5O2/c5-3(8-10)1-7-2-4(6)9-11/h7,10-11H,1-2H2,(H2,5,8)(H2,6,9). The van der Waals surface area contributed by atoms with Gasteiger partial charge < -0.3 is 27.2 Å². The number of hydrogen-bond acceptors (Lipinski definition) is 5. The third-order valence-corrected chi connectivity index (χ3v) is 0.869. The Morgan fingerprint density at radius 3 is 1.73 bits per heavy atom. The Bertz CT molecular complexity index is 148. The zero-order chi connectivity index (χ0) is 8.69. The molecule has 0 aromatic carbocycles. The Morgan fingerprint density at radius 1 is 1.09 bits per heavy atom. The third-order valence-electron chi connectivity index (χ3n) is 0.869. The van der Waals surface area contributed by atoms with E-state index in [2.05, 4.69) is 15.6 Å². The van der Waals surface area contributed by atoms with Crippen molar-refractivity contribution < 1.29 is 10.4 Å². The van der Waals surface area contributed by atoms with E-state index in [1.807, 2.05) is 0 Å². The van der Waals surface area contributed by atoms with Crippen molar-refractivity contribution in [1.82, 2.24) is 5.32 Å². The Morgan fingerprint density at radius 2 is 1.45 bits per heavy atom. The van der Waals surface area contributed by atoms with Crippen LogP contribution in [0.1, 0.15) is 0 Å². The Labute approximate surface area is 63.4 Å². The highest BCUT2D eigenvalue weighted by Gasteiger charge is 1.93. The van der Waals surface area contributed by atoms with Gasteiger partial charge in [0.05, 0.1) is 13.1 Å². The van der Waals surface area contributed by atoms with E-state index in [1.54, 1.807) is 0 Å². The largest absolute Gasteiger partial charge is 0.409 e. The fourth-order valence-corrected chi connectivity index (χ4v) is 0.389. The summed E-state index contributed by atoms with van der Waals surface area (Å²) in [6, 6.07) is 0. The van der Waals surface area contributed by atoms with Crippen molar-refractivity contribution in [3.63, 3.8) is 0 Å². The van der Waals surface area contributed by atoms with Crippen LogP contribution in [0.4, 0.5) is 0 Å². The first kappa shape index (κ1) is 9.50. The number of oxime groups is 2. The highest BCUT2D eigenvalue weighted by molar-refractivity contribution is 5.84. The van der Waals surface area contributed by atoms with Gasteiger partial charge in [0, 0.05) is 0 Å². The molecule has 0 atom stereocenters. The fraction of sp³-hybridized carbons (Fsp3) is 0.500. The first-order valence-corrected chi connectivity index (χ1v) is 2.84. The topological polar surface area (TPSA) is 129 Å². The first-order valence-electron chi connectivity index (χ1n) is 2.84. The molecule has 0 saturated heterocycles. The molecule has 0 rings (SSSR count). The summed E-state index contributed by atoms with van der Waals surface area (Å²) in [5.41, 5.74) is 10.2. The van der Waals surface area contributed by atoms with Crippen molar-refractivity contribution in [3.8, 4) is 0 Å². The van der Waals surface area contributed by atoms with E-state index in [4.69, 9.17) is 21.9 Å². The van der Waals surface area contributed by atoms with Crippen molar-refractivity contribution in [2.24, 2.45) is 21.8 Å². The van der Waals surface area contributed by atoms with Crippen LogP contribution in [-0.4, -0.2) is 35.2 Å². The molecule has 11 heavy (non-hydrogen) atoms. The van der Waals surface area contributed by atoms with Gasteiger partial charge in [0.1, 0.15) is 0 Å². The normalized spacial score (nSPS) is 13.5. The predicted octanol–water partition coefficient (Wildman–Crippen LogP) is -1.93. The van der Waals surface area contributed by atoms with Crippen LogP contribution < -0.4 is 16.8 Å². The second kappa shape index (κ2) is 5.30. The third kappa shape index (κ3) is 4.97. The van der Waals surface area contributed by atoms with Gasteiger partial charge in [-0.3, -0.25) is 0 Å². The van der Waals surface area contributed by atoms with Crippen molar-refractivity contribution >= 4 is 11.7 Å². The second-order valence-electron chi connectivity index (χ2n) is 1.79. The lowest BCUT2D eigenvalue weighted by Crippen LogP contribution is -2.35. The summed E-state index contributed by atoms with van der Waals surface area (Å²) in [7, 11) is 0. The number of amidine groups is 2. The number of nitrogens with two attached hydrogens (primary N) is 2. The molecule has 0 aliphatic heterocycles. The molecule has 0 saturated carbocycles. The first-order chi connectivity index (χ1) is 5.20. The highest BCUT2D eigenvalue weighted by Crippen LogP contribution is 1.65. The molecule has 7 nitrogen and oxygen atoms in total. The lowest BCUT2D eigenvalue weighted by molar-refractivity contribution is 0.316. The molecular formula is C4H11N5O2. The monoisotopic (exact) mass is 161 g/mol. The molecule has 0 heterocycles. The Kier molecular flexibility index (Phi) is 4.58. The predicted molar refractivity (Wildman–Crippen MR) is 39.7 cm³/mol. The summed E-state index contributed by atoms with van der Waals surface area (Å²) < 4.78 is 0. The summed E-state index contributed by atoms with van der Waals surface area (Å²) >= 11 is 0. The maximum atomic E-state index is 8.07. The molecular weight excluding hydrogens is 150 g/mol. The van der Waals surface area contributed by atoms with E-state index in [1.165, 1.54) is 0 Å². The van der Waals surface area contributed by atoms with E-state index < -0.39 is 0 Å². The van der Waals surface area contributed by atoms with Gasteiger partial charge in [-0.15, -0.1) is 0 Å². The smallest absolute Gasteiger partial charge is 0.153 e. The minimum Gasteiger partial charge on any atom is -0.409 e. The van der Waals surface area contributed by atoms with Crippen LogP contribution in [-0.2, 0) is 0 Å². The lowest BCUT2D eigenvalue weighted by atomic mass is 10.5. The SMILES string of the molecule is N/C(CNC/C(N)=N\O)=N/O. The van der Waals surface area contributed by atoms with Crippen molar-refractivity contribution in [2.75, 3.05) is 13.1 Å². The van der Waals surface area contributed by atoms with Crippen LogP contribution in [0.5, 0.6) is 0 Å². The molecule has 0 aromatic heterocycles. The fourth-order valence-electron chi connectivity index (χ4n) is 0.389. The Balaban J connectivity index is 3.43. The molecule has 0 spiro atoms. The van der Waals surface area contributed by atoms with Crippen LogP contribution >= 0.6 is 0 Å². The zero-order valence-corrected chi connectivity index (χ0v) is 5.86. The Hall–Kier alpha value is -1.50. The average molecular weight is 161 g/mol. The lowest BCUT2D eigenvalue weighted by Gasteiger charge is -2.00. The molecule has 0 fully saturated rings. The molecule has 0 amide bonds. The van der Waals surface area contributed by atoms with E-state index in [-0.39, 0.29) is 24.8 Å². The van der Waals surface area contributed by atoms with Crippen LogP contribution in [0, 0.1) is 0 Å². The van der Waals surface area contributed by atoms with Gasteiger partial charge >= 0.3 is 0 Å². The number of nitrogens with one attached hydrogen (secondary N) is 1. The number of nitrogens with zero attached hydrogens (tertiary/aromatic N) is 2. The highest BCUT2D eigenvalue weighted by atomic mass is 16.4. The second-order valence-corrected chi connectivity index (χ2v) is 1.79.